The Morgan fingerprint density at radius 1 is 1.29 bits per heavy atom. The molecular formula is C20H21ClF3N3O3S. The fraction of sp³-hybridized carbons (Fsp3) is 0.400. The van der Waals surface area contributed by atoms with Gasteiger partial charge in [0.2, 0.25) is 5.91 Å². The lowest BCUT2D eigenvalue weighted by molar-refractivity contribution is -0.137. The molecule has 0 saturated carbocycles. The van der Waals surface area contributed by atoms with Crippen molar-refractivity contribution in [2.24, 2.45) is 0 Å². The number of sulfone groups is 1. The molecule has 0 radical (unpaired) electrons. The van der Waals surface area contributed by atoms with Gasteiger partial charge in [0.05, 0.1) is 21.5 Å². The smallest absolute Gasteiger partial charge is 0.348 e. The number of aromatic nitrogens is 1. The maximum Gasteiger partial charge on any atom is 0.417 e. The van der Waals surface area contributed by atoms with Crippen LogP contribution in [-0.4, -0.2) is 38.2 Å². The van der Waals surface area contributed by atoms with Crippen molar-refractivity contribution in [3.05, 3.63) is 52.7 Å². The standard InChI is InChI=1S/C20H21ClF3N3O3S/c1-12(13-5-7-15(8-6-13)31(2,29)30)26-19(28)17-4-3-9-27(17)18-16(21)10-14(11-25-18)20(22,23)24/h5-8,10-12,17H,3-4,9H2,1-2H3,(H,26,28). The normalized spacial score (nSPS) is 18.1. The van der Waals surface area contributed by atoms with Crippen molar-refractivity contribution in [2.45, 2.75) is 42.9 Å². The Morgan fingerprint density at radius 2 is 1.94 bits per heavy atom. The van der Waals surface area contributed by atoms with Gasteiger partial charge in [-0.1, -0.05) is 23.7 Å². The van der Waals surface area contributed by atoms with Gasteiger partial charge in [0.1, 0.15) is 11.9 Å². The summed E-state index contributed by atoms with van der Waals surface area (Å²) in [5.74, 6) is -0.174. The molecule has 0 bridgehead atoms. The van der Waals surface area contributed by atoms with Gasteiger partial charge in [0, 0.05) is 19.0 Å². The maximum absolute atomic E-state index is 12.9. The molecule has 2 atom stereocenters. The van der Waals surface area contributed by atoms with Crippen molar-refractivity contribution in [3.8, 4) is 0 Å². The number of hydrogen-bond acceptors (Lipinski definition) is 5. The summed E-state index contributed by atoms with van der Waals surface area (Å²) in [4.78, 5) is 18.5. The second-order valence-electron chi connectivity index (χ2n) is 7.45. The average molecular weight is 476 g/mol. The minimum absolute atomic E-state index is 0.137. The molecule has 3 rings (SSSR count). The van der Waals surface area contributed by atoms with E-state index in [0.29, 0.717) is 25.6 Å². The van der Waals surface area contributed by atoms with Crippen LogP contribution in [0.4, 0.5) is 19.0 Å². The van der Waals surface area contributed by atoms with Crippen LogP contribution in [0, 0.1) is 0 Å². The topological polar surface area (TPSA) is 79.4 Å². The molecular weight excluding hydrogens is 455 g/mol. The quantitative estimate of drug-likeness (QED) is 0.707. The van der Waals surface area contributed by atoms with Crippen molar-refractivity contribution in [1.82, 2.24) is 10.3 Å². The second kappa shape index (κ2) is 8.66. The summed E-state index contributed by atoms with van der Waals surface area (Å²) in [6.07, 6.45) is -1.57. The summed E-state index contributed by atoms with van der Waals surface area (Å²) >= 11 is 6.05. The summed E-state index contributed by atoms with van der Waals surface area (Å²) in [6, 6.07) is 5.98. The third-order valence-corrected chi connectivity index (χ3v) is 6.55. The minimum Gasteiger partial charge on any atom is -0.348 e. The summed E-state index contributed by atoms with van der Waals surface area (Å²) in [5.41, 5.74) is -0.233. The molecule has 1 aromatic carbocycles. The van der Waals surface area contributed by atoms with E-state index >= 15 is 0 Å². The van der Waals surface area contributed by atoms with E-state index in [1.54, 1.807) is 24.0 Å². The van der Waals surface area contributed by atoms with E-state index < -0.39 is 33.7 Å². The first kappa shape index (κ1) is 23.3. The van der Waals surface area contributed by atoms with Gasteiger partial charge in [-0.05, 0) is 43.5 Å². The zero-order chi connectivity index (χ0) is 23.0. The molecule has 1 fully saturated rings. The number of carbonyl (C=O) groups excluding carboxylic acids is 1. The van der Waals surface area contributed by atoms with E-state index in [2.05, 4.69) is 10.3 Å². The summed E-state index contributed by atoms with van der Waals surface area (Å²) < 4.78 is 61.8. The summed E-state index contributed by atoms with van der Waals surface area (Å²) in [6.45, 7) is 2.20. The first-order valence-corrected chi connectivity index (χ1v) is 11.7. The van der Waals surface area contributed by atoms with Gasteiger partial charge < -0.3 is 10.2 Å². The van der Waals surface area contributed by atoms with E-state index in [-0.39, 0.29) is 21.6 Å². The Kier molecular flexibility index (Phi) is 6.52. The van der Waals surface area contributed by atoms with Crippen LogP contribution in [0.15, 0.2) is 41.4 Å². The summed E-state index contributed by atoms with van der Waals surface area (Å²) in [5, 5.41) is 2.70. The first-order valence-electron chi connectivity index (χ1n) is 9.47. The highest BCUT2D eigenvalue weighted by atomic mass is 35.5. The highest BCUT2D eigenvalue weighted by Crippen LogP contribution is 2.35. The van der Waals surface area contributed by atoms with Crippen molar-refractivity contribution in [2.75, 3.05) is 17.7 Å². The molecule has 1 saturated heterocycles. The van der Waals surface area contributed by atoms with Crippen LogP contribution in [0.2, 0.25) is 5.02 Å². The number of hydrogen-bond donors (Lipinski definition) is 1. The van der Waals surface area contributed by atoms with Crippen molar-refractivity contribution in [3.63, 3.8) is 0 Å². The molecule has 0 spiro atoms. The number of nitrogens with zero attached hydrogens (tertiary/aromatic N) is 2. The zero-order valence-corrected chi connectivity index (χ0v) is 18.4. The SMILES string of the molecule is CC(NC(=O)C1CCCN1c1ncc(C(F)(F)F)cc1Cl)c1ccc(S(C)(=O)=O)cc1. The average Bonchev–Trinajstić information content (AvgIpc) is 3.16. The number of amides is 1. The van der Waals surface area contributed by atoms with Gasteiger partial charge in [0.25, 0.3) is 0 Å². The van der Waals surface area contributed by atoms with Crippen LogP contribution in [0.5, 0.6) is 0 Å². The van der Waals surface area contributed by atoms with Crippen LogP contribution in [0.3, 0.4) is 0 Å². The van der Waals surface area contributed by atoms with Gasteiger partial charge in [0.15, 0.2) is 9.84 Å². The molecule has 1 N–H and O–H groups in total. The lowest BCUT2D eigenvalue weighted by Gasteiger charge is -2.27. The highest BCUT2D eigenvalue weighted by Gasteiger charge is 2.36. The molecule has 1 aliphatic rings. The van der Waals surface area contributed by atoms with E-state index in [0.717, 1.165) is 17.9 Å². The van der Waals surface area contributed by atoms with Crippen molar-refractivity contribution in [1.29, 1.82) is 0 Å². The van der Waals surface area contributed by atoms with Crippen LogP contribution in [-0.2, 0) is 20.8 Å². The number of benzene rings is 1. The lowest BCUT2D eigenvalue weighted by Crippen LogP contribution is -2.44. The predicted octanol–water partition coefficient (Wildman–Crippen LogP) is 4.00. The Morgan fingerprint density at radius 3 is 2.48 bits per heavy atom. The minimum atomic E-state index is -4.56. The number of pyridine rings is 1. The largest absolute Gasteiger partial charge is 0.417 e. The molecule has 31 heavy (non-hydrogen) atoms. The van der Waals surface area contributed by atoms with Crippen LogP contribution < -0.4 is 10.2 Å². The Balaban J connectivity index is 1.74. The highest BCUT2D eigenvalue weighted by molar-refractivity contribution is 7.90. The molecule has 2 unspecified atom stereocenters. The molecule has 0 aliphatic carbocycles. The van der Waals surface area contributed by atoms with E-state index in [1.165, 1.54) is 12.1 Å². The van der Waals surface area contributed by atoms with Crippen molar-refractivity contribution >= 4 is 33.2 Å². The monoisotopic (exact) mass is 475 g/mol. The second-order valence-corrected chi connectivity index (χ2v) is 9.87. The van der Waals surface area contributed by atoms with E-state index in [1.807, 2.05) is 0 Å². The van der Waals surface area contributed by atoms with E-state index in [9.17, 15) is 26.4 Å². The Bertz CT molecular complexity index is 1080. The third kappa shape index (κ3) is 5.30. The van der Waals surface area contributed by atoms with Gasteiger partial charge in [-0.15, -0.1) is 0 Å². The van der Waals surface area contributed by atoms with Crippen LogP contribution >= 0.6 is 11.6 Å². The lowest BCUT2D eigenvalue weighted by atomic mass is 10.1. The molecule has 2 heterocycles. The molecule has 1 aliphatic heterocycles. The first-order chi connectivity index (χ1) is 14.4. The number of alkyl halides is 3. The van der Waals surface area contributed by atoms with Gasteiger partial charge in [-0.2, -0.15) is 13.2 Å². The fourth-order valence-electron chi connectivity index (χ4n) is 3.49. The predicted molar refractivity (Wildman–Crippen MR) is 111 cm³/mol. The maximum atomic E-state index is 12.9. The van der Waals surface area contributed by atoms with Crippen LogP contribution in [0.1, 0.15) is 36.9 Å². The molecule has 2 aromatic rings. The number of anilines is 1. The number of carbonyl (C=O) groups is 1. The fourth-order valence-corrected chi connectivity index (χ4v) is 4.39. The summed E-state index contributed by atoms with van der Waals surface area (Å²) in [7, 11) is -3.32. The van der Waals surface area contributed by atoms with E-state index in [4.69, 9.17) is 11.6 Å². The molecule has 11 heteroatoms. The number of nitrogens with one attached hydrogen (secondary N) is 1. The molecule has 168 valence electrons. The van der Waals surface area contributed by atoms with Crippen molar-refractivity contribution < 1.29 is 26.4 Å². The van der Waals surface area contributed by atoms with Gasteiger partial charge in [-0.3, -0.25) is 4.79 Å². The third-order valence-electron chi connectivity index (χ3n) is 5.14. The zero-order valence-electron chi connectivity index (χ0n) is 16.8. The molecule has 1 amide bonds. The van der Waals surface area contributed by atoms with Gasteiger partial charge in [-0.25, -0.2) is 13.4 Å². The number of halogens is 4. The Hall–Kier alpha value is -2.33. The van der Waals surface area contributed by atoms with Crippen LogP contribution in [0.25, 0.3) is 0 Å². The molecule has 6 nitrogen and oxygen atoms in total. The number of rotatable bonds is 5. The molecule has 1 aromatic heterocycles. The van der Waals surface area contributed by atoms with Gasteiger partial charge >= 0.3 is 6.18 Å². The Labute approximate surface area is 183 Å².